The van der Waals surface area contributed by atoms with Gasteiger partial charge in [-0.1, -0.05) is 0 Å². The Kier molecular flexibility index (Phi) is 5.11. The minimum Gasteiger partial charge on any atom is -0.477 e. The number of hydrogen-bond donors (Lipinski definition) is 2. The first kappa shape index (κ1) is 20.2. The van der Waals surface area contributed by atoms with E-state index in [1.54, 1.807) is 0 Å². The molecule has 0 saturated heterocycles. The van der Waals surface area contributed by atoms with Gasteiger partial charge in [-0.05, 0) is 61.4 Å². The molecule has 156 valence electrons. The summed E-state index contributed by atoms with van der Waals surface area (Å²) < 4.78 is 44.0. The first-order valence-electron chi connectivity index (χ1n) is 9.59. The van der Waals surface area contributed by atoms with Crippen LogP contribution in [0.25, 0.3) is 16.6 Å². The van der Waals surface area contributed by atoms with Crippen LogP contribution >= 0.6 is 0 Å². The van der Waals surface area contributed by atoms with E-state index in [-0.39, 0.29) is 28.6 Å². The summed E-state index contributed by atoms with van der Waals surface area (Å²) in [5, 5.41) is 9.20. The highest BCUT2D eigenvalue weighted by molar-refractivity contribution is 5.93. The van der Waals surface area contributed by atoms with Crippen molar-refractivity contribution in [1.82, 2.24) is 4.57 Å². The van der Waals surface area contributed by atoms with Gasteiger partial charge < -0.3 is 15.4 Å². The molecule has 1 aliphatic rings. The Hall–Kier alpha value is -3.13. The van der Waals surface area contributed by atoms with Crippen LogP contribution in [0.4, 0.5) is 13.2 Å². The van der Waals surface area contributed by atoms with Crippen LogP contribution in [-0.4, -0.2) is 21.7 Å². The third kappa shape index (κ3) is 3.47. The van der Waals surface area contributed by atoms with Gasteiger partial charge in [0.2, 0.25) is 5.43 Å². The molecular formula is C22H19F3N2O3. The van der Waals surface area contributed by atoms with Crippen LogP contribution in [-0.2, 0) is 0 Å². The van der Waals surface area contributed by atoms with E-state index in [2.05, 4.69) is 0 Å². The third-order valence-corrected chi connectivity index (χ3v) is 5.73. The average Bonchev–Trinajstić information content (AvgIpc) is 2.69. The standard InChI is InChI=1S/C22H19F3N2O3/c23-12-3-6-19(18(25)7-12)27-10-16(22(29)30)21(28)15-8-17(24)14(9-20(15)27)11-1-4-13(26)5-2-11/h3,6-11,13H,1-2,4-5,26H2,(H,29,30). The molecular weight excluding hydrogens is 397 g/mol. The maximum atomic E-state index is 14.9. The number of nitrogens with two attached hydrogens (primary N) is 1. The monoisotopic (exact) mass is 416 g/mol. The molecule has 1 aromatic heterocycles. The molecule has 30 heavy (non-hydrogen) atoms. The van der Waals surface area contributed by atoms with Crippen molar-refractivity contribution >= 4 is 16.9 Å². The molecule has 3 aromatic rings. The summed E-state index contributed by atoms with van der Waals surface area (Å²) in [6.07, 6.45) is 3.80. The summed E-state index contributed by atoms with van der Waals surface area (Å²) in [5.41, 5.74) is 4.80. The second-order valence-electron chi connectivity index (χ2n) is 7.65. The molecule has 1 fully saturated rings. The van der Waals surface area contributed by atoms with Crippen molar-refractivity contribution < 1.29 is 23.1 Å². The number of pyridine rings is 1. The molecule has 1 aliphatic carbocycles. The molecule has 0 spiro atoms. The lowest BCUT2D eigenvalue weighted by Crippen LogP contribution is -2.26. The van der Waals surface area contributed by atoms with E-state index in [1.807, 2.05) is 0 Å². The SMILES string of the molecule is NC1CCC(c2cc3c(cc2F)c(=O)c(C(=O)O)cn3-c2ccc(F)cc2F)CC1. The Balaban J connectivity index is 2.01. The molecule has 5 nitrogen and oxygen atoms in total. The lowest BCUT2D eigenvalue weighted by molar-refractivity contribution is 0.0695. The number of carbonyl (C=O) groups is 1. The largest absolute Gasteiger partial charge is 0.477 e. The Labute approximate surface area is 169 Å². The van der Waals surface area contributed by atoms with Crippen LogP contribution in [0.2, 0.25) is 0 Å². The number of rotatable bonds is 3. The zero-order valence-electron chi connectivity index (χ0n) is 15.9. The van der Waals surface area contributed by atoms with Gasteiger partial charge in [0.05, 0.1) is 11.2 Å². The van der Waals surface area contributed by atoms with Crippen molar-refractivity contribution in [2.75, 3.05) is 0 Å². The average molecular weight is 416 g/mol. The highest BCUT2D eigenvalue weighted by Crippen LogP contribution is 2.35. The van der Waals surface area contributed by atoms with Crippen molar-refractivity contribution in [2.45, 2.75) is 37.6 Å². The van der Waals surface area contributed by atoms with E-state index in [9.17, 15) is 27.9 Å². The van der Waals surface area contributed by atoms with E-state index in [4.69, 9.17) is 5.73 Å². The normalized spacial score (nSPS) is 19.2. The van der Waals surface area contributed by atoms with Gasteiger partial charge in [-0.3, -0.25) is 4.79 Å². The van der Waals surface area contributed by atoms with Gasteiger partial charge in [0.25, 0.3) is 0 Å². The summed E-state index contributed by atoms with van der Waals surface area (Å²) in [7, 11) is 0. The highest BCUT2D eigenvalue weighted by Gasteiger charge is 2.25. The predicted octanol–water partition coefficient (Wildman–Crippen LogP) is 4.09. The Morgan fingerprint density at radius 1 is 1.03 bits per heavy atom. The predicted molar refractivity (Wildman–Crippen MR) is 106 cm³/mol. The lowest BCUT2D eigenvalue weighted by atomic mass is 9.81. The first-order valence-corrected chi connectivity index (χ1v) is 9.59. The Bertz CT molecular complexity index is 1210. The van der Waals surface area contributed by atoms with Gasteiger partial charge in [0.15, 0.2) is 0 Å². The van der Waals surface area contributed by atoms with Gasteiger partial charge in [-0.2, -0.15) is 0 Å². The number of nitrogens with zero attached hydrogens (tertiary/aromatic N) is 1. The fourth-order valence-corrected chi connectivity index (χ4v) is 4.13. The summed E-state index contributed by atoms with van der Waals surface area (Å²) in [5.74, 6) is -4.00. The molecule has 0 aliphatic heterocycles. The van der Waals surface area contributed by atoms with Crippen LogP contribution in [0.5, 0.6) is 0 Å². The smallest absolute Gasteiger partial charge is 0.341 e. The first-order chi connectivity index (χ1) is 14.3. The third-order valence-electron chi connectivity index (χ3n) is 5.73. The number of hydrogen-bond acceptors (Lipinski definition) is 3. The van der Waals surface area contributed by atoms with E-state index >= 15 is 0 Å². The van der Waals surface area contributed by atoms with Crippen LogP contribution in [0.15, 0.2) is 41.3 Å². The van der Waals surface area contributed by atoms with Gasteiger partial charge in [0.1, 0.15) is 23.0 Å². The number of aromatic carboxylic acids is 1. The van der Waals surface area contributed by atoms with E-state index < -0.39 is 34.4 Å². The van der Waals surface area contributed by atoms with Gasteiger partial charge in [-0.25, -0.2) is 18.0 Å². The Morgan fingerprint density at radius 3 is 2.37 bits per heavy atom. The number of fused-ring (bicyclic) bond motifs is 1. The van der Waals surface area contributed by atoms with Crippen LogP contribution in [0, 0.1) is 17.5 Å². The molecule has 0 unspecified atom stereocenters. The van der Waals surface area contributed by atoms with Crippen molar-refractivity contribution in [3.05, 3.63) is 75.3 Å². The number of carboxylic acid groups (broad SMARTS) is 1. The molecule has 0 amide bonds. The van der Waals surface area contributed by atoms with Crippen LogP contribution in [0.1, 0.15) is 47.5 Å². The number of benzene rings is 2. The second kappa shape index (κ2) is 7.60. The second-order valence-corrected chi connectivity index (χ2v) is 7.65. The molecule has 1 saturated carbocycles. The number of carboxylic acids is 1. The molecule has 0 atom stereocenters. The summed E-state index contributed by atoms with van der Waals surface area (Å²) in [4.78, 5) is 24.2. The minimum absolute atomic E-state index is 0.0642. The molecule has 4 rings (SSSR count). The maximum Gasteiger partial charge on any atom is 0.341 e. The fraction of sp³-hybridized carbons (Fsp3) is 0.273. The summed E-state index contributed by atoms with van der Waals surface area (Å²) in [6, 6.07) is 5.36. The van der Waals surface area contributed by atoms with Crippen molar-refractivity contribution in [1.29, 1.82) is 0 Å². The number of halogens is 3. The van der Waals surface area contributed by atoms with Crippen molar-refractivity contribution in [3.63, 3.8) is 0 Å². The fourth-order valence-electron chi connectivity index (χ4n) is 4.13. The van der Waals surface area contributed by atoms with Gasteiger partial charge >= 0.3 is 5.97 Å². The van der Waals surface area contributed by atoms with Crippen LogP contribution in [0.3, 0.4) is 0 Å². The minimum atomic E-state index is -1.52. The summed E-state index contributed by atoms with van der Waals surface area (Å²) >= 11 is 0. The molecule has 1 heterocycles. The Morgan fingerprint density at radius 2 is 1.73 bits per heavy atom. The maximum absolute atomic E-state index is 14.9. The zero-order valence-corrected chi connectivity index (χ0v) is 15.9. The highest BCUT2D eigenvalue weighted by atomic mass is 19.1. The van der Waals surface area contributed by atoms with E-state index in [1.165, 1.54) is 6.07 Å². The topological polar surface area (TPSA) is 85.3 Å². The molecule has 3 N–H and O–H groups in total. The molecule has 0 radical (unpaired) electrons. The van der Waals surface area contributed by atoms with Crippen LogP contribution < -0.4 is 11.2 Å². The lowest BCUT2D eigenvalue weighted by Gasteiger charge is -2.27. The van der Waals surface area contributed by atoms with E-state index in [0.717, 1.165) is 41.8 Å². The van der Waals surface area contributed by atoms with E-state index in [0.29, 0.717) is 24.5 Å². The van der Waals surface area contributed by atoms with Crippen molar-refractivity contribution in [2.24, 2.45) is 5.73 Å². The summed E-state index contributed by atoms with van der Waals surface area (Å²) in [6.45, 7) is 0. The van der Waals surface area contributed by atoms with Gasteiger partial charge in [-0.15, -0.1) is 0 Å². The quantitative estimate of drug-likeness (QED) is 0.674. The molecule has 0 bridgehead atoms. The zero-order chi connectivity index (χ0) is 21.6. The molecule has 2 aromatic carbocycles. The number of aromatic nitrogens is 1. The van der Waals surface area contributed by atoms with Crippen molar-refractivity contribution in [3.8, 4) is 5.69 Å². The van der Waals surface area contributed by atoms with Gasteiger partial charge in [0, 0.05) is 23.7 Å². The molecule has 8 heteroatoms.